The molecular formula is C20H25IN4O4. The summed E-state index contributed by atoms with van der Waals surface area (Å²) in [6, 6.07) is 10.6. The predicted octanol–water partition coefficient (Wildman–Crippen LogP) is 2.22. The third kappa shape index (κ3) is 5.72. The summed E-state index contributed by atoms with van der Waals surface area (Å²) in [5.41, 5.74) is 1.55. The number of ether oxygens (including phenoxy) is 1. The van der Waals surface area contributed by atoms with Gasteiger partial charge in [-0.15, -0.1) is 24.0 Å². The van der Waals surface area contributed by atoms with Crippen LogP contribution in [0.15, 0.2) is 52.1 Å². The molecule has 9 heteroatoms. The van der Waals surface area contributed by atoms with E-state index in [9.17, 15) is 9.59 Å². The van der Waals surface area contributed by atoms with Crippen molar-refractivity contribution >= 4 is 41.8 Å². The summed E-state index contributed by atoms with van der Waals surface area (Å²) < 4.78 is 9.90. The lowest BCUT2D eigenvalue weighted by atomic mass is 10.1. The average Bonchev–Trinajstić information content (AvgIpc) is 3.29. The van der Waals surface area contributed by atoms with Crippen molar-refractivity contribution in [2.24, 2.45) is 4.99 Å². The number of carbonyl (C=O) groups excluding carboxylic acids is 2. The first-order valence-electron chi connectivity index (χ1n) is 9.08. The van der Waals surface area contributed by atoms with E-state index in [1.54, 1.807) is 36.2 Å². The zero-order chi connectivity index (χ0) is 19.9. The van der Waals surface area contributed by atoms with E-state index in [2.05, 4.69) is 15.2 Å². The van der Waals surface area contributed by atoms with Crippen molar-refractivity contribution in [2.45, 2.75) is 6.54 Å². The number of hydrogen-bond donors (Lipinski definition) is 1. The Bertz CT molecular complexity index is 829. The molecule has 0 atom stereocenters. The largest absolute Gasteiger partial charge is 0.465 e. The van der Waals surface area contributed by atoms with Crippen LogP contribution >= 0.6 is 24.0 Å². The number of carbonyl (C=O) groups is 2. The molecule has 1 fully saturated rings. The molecule has 29 heavy (non-hydrogen) atoms. The number of guanidine groups is 1. The second-order valence-electron chi connectivity index (χ2n) is 6.35. The van der Waals surface area contributed by atoms with Crippen LogP contribution in [0.1, 0.15) is 26.5 Å². The molecule has 0 radical (unpaired) electrons. The topological polar surface area (TPSA) is 87.4 Å². The molecule has 0 unspecified atom stereocenters. The van der Waals surface area contributed by atoms with Crippen LogP contribution in [0.4, 0.5) is 0 Å². The normalized spacial score (nSPS) is 14.2. The molecule has 0 spiro atoms. The van der Waals surface area contributed by atoms with Crippen LogP contribution in [-0.2, 0) is 11.3 Å². The fourth-order valence-corrected chi connectivity index (χ4v) is 3.07. The summed E-state index contributed by atoms with van der Waals surface area (Å²) in [6.07, 6.45) is 1.51. The zero-order valence-corrected chi connectivity index (χ0v) is 18.8. The van der Waals surface area contributed by atoms with Crippen molar-refractivity contribution in [3.63, 3.8) is 0 Å². The molecule has 1 aromatic carbocycles. The van der Waals surface area contributed by atoms with Gasteiger partial charge in [0.25, 0.3) is 5.91 Å². The maximum Gasteiger partial charge on any atom is 0.337 e. The zero-order valence-electron chi connectivity index (χ0n) is 16.5. The van der Waals surface area contributed by atoms with E-state index in [1.165, 1.54) is 13.4 Å². The molecule has 1 saturated heterocycles. The van der Waals surface area contributed by atoms with Gasteiger partial charge in [0, 0.05) is 39.8 Å². The van der Waals surface area contributed by atoms with Crippen LogP contribution in [0.5, 0.6) is 0 Å². The molecule has 3 rings (SSSR count). The Hall–Kier alpha value is -2.56. The van der Waals surface area contributed by atoms with Crippen molar-refractivity contribution in [2.75, 3.05) is 40.3 Å². The summed E-state index contributed by atoms with van der Waals surface area (Å²) in [7, 11) is 3.10. The minimum atomic E-state index is -0.350. The minimum Gasteiger partial charge on any atom is -0.465 e. The van der Waals surface area contributed by atoms with Crippen molar-refractivity contribution in [3.8, 4) is 0 Å². The Morgan fingerprint density at radius 3 is 2.31 bits per heavy atom. The second kappa shape index (κ2) is 10.8. The Morgan fingerprint density at radius 1 is 1.10 bits per heavy atom. The van der Waals surface area contributed by atoms with Crippen LogP contribution < -0.4 is 5.32 Å². The highest BCUT2D eigenvalue weighted by Gasteiger charge is 2.25. The number of methoxy groups -OCH3 is 1. The number of furan rings is 1. The highest BCUT2D eigenvalue weighted by atomic mass is 127. The van der Waals surface area contributed by atoms with Crippen molar-refractivity contribution in [3.05, 3.63) is 59.5 Å². The fraction of sp³-hybridized carbons (Fsp3) is 0.350. The molecule has 8 nitrogen and oxygen atoms in total. The van der Waals surface area contributed by atoms with E-state index in [0.717, 1.165) is 11.5 Å². The molecule has 1 aliphatic heterocycles. The lowest BCUT2D eigenvalue weighted by molar-refractivity contribution is 0.0600. The van der Waals surface area contributed by atoms with Gasteiger partial charge in [0.2, 0.25) is 0 Å². The quantitative estimate of drug-likeness (QED) is 0.293. The molecule has 0 bridgehead atoms. The summed E-state index contributed by atoms with van der Waals surface area (Å²) in [4.78, 5) is 32.1. The third-order valence-electron chi connectivity index (χ3n) is 4.64. The number of piperazine rings is 1. The average molecular weight is 512 g/mol. The SMILES string of the molecule is CN=C(NCc1ccc(C(=O)OC)cc1)N1CCN(C(=O)c2ccco2)CC1.I. The Morgan fingerprint density at radius 2 is 1.76 bits per heavy atom. The summed E-state index contributed by atoms with van der Waals surface area (Å²) in [5, 5.41) is 3.33. The standard InChI is InChI=1S/C20H24N4O4.HI/c1-21-20(22-14-15-5-7-16(8-6-15)19(26)27-2)24-11-9-23(10-12-24)18(25)17-4-3-13-28-17;/h3-8,13H,9-12,14H2,1-2H3,(H,21,22);1H. The first-order chi connectivity index (χ1) is 13.6. The van der Waals surface area contributed by atoms with Crippen LogP contribution in [0.3, 0.4) is 0 Å². The van der Waals surface area contributed by atoms with Gasteiger partial charge in [0.1, 0.15) is 0 Å². The maximum absolute atomic E-state index is 12.3. The molecule has 1 amide bonds. The monoisotopic (exact) mass is 512 g/mol. The van der Waals surface area contributed by atoms with Crippen LogP contribution in [-0.4, -0.2) is 68.0 Å². The number of hydrogen-bond acceptors (Lipinski definition) is 5. The lowest BCUT2D eigenvalue weighted by Crippen LogP contribution is -2.53. The number of aliphatic imine (C=N–C) groups is 1. The Kier molecular flexibility index (Phi) is 8.50. The molecule has 2 heterocycles. The summed E-state index contributed by atoms with van der Waals surface area (Å²) >= 11 is 0. The van der Waals surface area contributed by atoms with Crippen molar-refractivity contribution in [1.29, 1.82) is 0 Å². The first kappa shape index (κ1) is 22.7. The third-order valence-corrected chi connectivity index (χ3v) is 4.64. The molecule has 2 aromatic rings. The van der Waals surface area contributed by atoms with Crippen molar-refractivity contribution in [1.82, 2.24) is 15.1 Å². The minimum absolute atomic E-state index is 0. The van der Waals surface area contributed by atoms with Gasteiger partial charge in [-0.25, -0.2) is 4.79 Å². The number of nitrogens with zero attached hydrogens (tertiary/aromatic N) is 3. The number of halogens is 1. The molecular weight excluding hydrogens is 487 g/mol. The highest BCUT2D eigenvalue weighted by molar-refractivity contribution is 14.0. The fourth-order valence-electron chi connectivity index (χ4n) is 3.07. The molecule has 0 aliphatic carbocycles. The lowest BCUT2D eigenvalue weighted by Gasteiger charge is -2.36. The van der Waals surface area contributed by atoms with Gasteiger partial charge in [-0.3, -0.25) is 9.79 Å². The molecule has 1 aromatic heterocycles. The second-order valence-corrected chi connectivity index (χ2v) is 6.35. The van der Waals surface area contributed by atoms with Crippen LogP contribution in [0.2, 0.25) is 0 Å². The van der Waals surface area contributed by atoms with Gasteiger partial charge in [0.05, 0.1) is 18.9 Å². The number of nitrogens with one attached hydrogen (secondary N) is 1. The van der Waals surface area contributed by atoms with Gasteiger partial charge in [-0.1, -0.05) is 12.1 Å². The highest BCUT2D eigenvalue weighted by Crippen LogP contribution is 2.10. The van der Waals surface area contributed by atoms with E-state index in [0.29, 0.717) is 44.0 Å². The summed E-state index contributed by atoms with van der Waals surface area (Å²) in [5.74, 6) is 0.712. The Balaban J connectivity index is 0.00000300. The molecule has 156 valence electrons. The van der Waals surface area contributed by atoms with Gasteiger partial charge < -0.3 is 24.3 Å². The van der Waals surface area contributed by atoms with Crippen LogP contribution in [0.25, 0.3) is 0 Å². The van der Waals surface area contributed by atoms with E-state index in [-0.39, 0.29) is 35.9 Å². The number of benzene rings is 1. The first-order valence-corrected chi connectivity index (χ1v) is 9.08. The summed E-state index contributed by atoms with van der Waals surface area (Å²) in [6.45, 7) is 3.17. The van der Waals surface area contributed by atoms with Gasteiger partial charge in [-0.05, 0) is 29.8 Å². The number of esters is 1. The number of amides is 1. The Labute approximate surface area is 186 Å². The van der Waals surface area contributed by atoms with E-state index in [4.69, 9.17) is 9.15 Å². The predicted molar refractivity (Wildman–Crippen MR) is 120 cm³/mol. The van der Waals surface area contributed by atoms with Gasteiger partial charge in [0.15, 0.2) is 11.7 Å². The van der Waals surface area contributed by atoms with Gasteiger partial charge in [-0.2, -0.15) is 0 Å². The molecule has 1 aliphatic rings. The molecule has 0 saturated carbocycles. The molecule has 1 N–H and O–H groups in total. The smallest absolute Gasteiger partial charge is 0.337 e. The van der Waals surface area contributed by atoms with E-state index < -0.39 is 0 Å². The van der Waals surface area contributed by atoms with Crippen LogP contribution in [0, 0.1) is 0 Å². The van der Waals surface area contributed by atoms with Crippen molar-refractivity contribution < 1.29 is 18.7 Å². The van der Waals surface area contributed by atoms with E-state index >= 15 is 0 Å². The van der Waals surface area contributed by atoms with Gasteiger partial charge >= 0.3 is 5.97 Å². The van der Waals surface area contributed by atoms with E-state index in [1.807, 2.05) is 12.1 Å². The maximum atomic E-state index is 12.3. The number of rotatable bonds is 4.